The number of hydrogen-bond donors (Lipinski definition) is 1. The van der Waals surface area contributed by atoms with Crippen molar-refractivity contribution in [2.24, 2.45) is 0 Å². The number of methoxy groups -OCH3 is 1. The molecule has 0 spiro atoms. The Bertz CT molecular complexity index is 978. The first-order chi connectivity index (χ1) is 14.8. The molecule has 0 saturated carbocycles. The number of rotatable bonds is 8. The number of piperazine rings is 1. The topological polar surface area (TPSA) is 79.0 Å². The second kappa shape index (κ2) is 10.2. The van der Waals surface area contributed by atoms with Crippen molar-refractivity contribution >= 4 is 21.6 Å². The van der Waals surface area contributed by atoms with E-state index in [0.29, 0.717) is 44.7 Å². The van der Waals surface area contributed by atoms with Crippen LogP contribution in [0.25, 0.3) is 0 Å². The number of carbonyl (C=O) groups is 1. The van der Waals surface area contributed by atoms with Crippen molar-refractivity contribution in [1.82, 2.24) is 9.62 Å². The lowest BCUT2D eigenvalue weighted by molar-refractivity contribution is 0.0953. The number of anilines is 1. The van der Waals surface area contributed by atoms with E-state index in [1.165, 1.54) is 0 Å². The van der Waals surface area contributed by atoms with Crippen molar-refractivity contribution in [3.8, 4) is 5.75 Å². The standard InChI is InChI=1S/C23H31N3O4S/c1-18-15-19(2)17-20(16-18)23(27)24-9-4-14-31(28,29)26-12-10-25(11-13-26)21-5-7-22(30-3)8-6-21/h5-8,15-17H,4,9-14H2,1-3H3,(H,24,27). The van der Waals surface area contributed by atoms with Gasteiger partial charge in [0.15, 0.2) is 0 Å². The molecule has 1 aliphatic rings. The van der Waals surface area contributed by atoms with Crippen LogP contribution in [0, 0.1) is 13.8 Å². The number of benzene rings is 2. The normalized spacial score (nSPS) is 15.0. The fraction of sp³-hybridized carbons (Fsp3) is 0.435. The lowest BCUT2D eigenvalue weighted by Gasteiger charge is -2.35. The molecule has 1 aliphatic heterocycles. The van der Waals surface area contributed by atoms with Crippen molar-refractivity contribution in [2.75, 3.05) is 50.5 Å². The van der Waals surface area contributed by atoms with Crippen LogP contribution >= 0.6 is 0 Å². The third-order valence-electron chi connectivity index (χ3n) is 5.42. The summed E-state index contributed by atoms with van der Waals surface area (Å²) in [5, 5.41) is 2.83. The first-order valence-electron chi connectivity index (χ1n) is 10.5. The molecule has 0 aliphatic carbocycles. The number of aryl methyl sites for hydroxylation is 2. The van der Waals surface area contributed by atoms with Crippen LogP contribution in [0.3, 0.4) is 0 Å². The molecule has 8 heteroatoms. The molecule has 1 fully saturated rings. The highest BCUT2D eigenvalue weighted by molar-refractivity contribution is 7.89. The molecular weight excluding hydrogens is 414 g/mol. The van der Waals surface area contributed by atoms with Crippen LogP contribution < -0.4 is 15.0 Å². The summed E-state index contributed by atoms with van der Waals surface area (Å²) in [5.41, 5.74) is 3.73. The zero-order valence-electron chi connectivity index (χ0n) is 18.4. The number of hydrogen-bond acceptors (Lipinski definition) is 5. The Morgan fingerprint density at radius 3 is 2.19 bits per heavy atom. The molecule has 0 bridgehead atoms. The van der Waals surface area contributed by atoms with Crippen LogP contribution in [0.1, 0.15) is 27.9 Å². The quantitative estimate of drug-likeness (QED) is 0.632. The number of nitrogens with zero attached hydrogens (tertiary/aromatic N) is 2. The van der Waals surface area contributed by atoms with Gasteiger partial charge in [-0.05, 0) is 56.7 Å². The molecule has 0 atom stereocenters. The summed E-state index contributed by atoms with van der Waals surface area (Å²) in [5.74, 6) is 0.662. The van der Waals surface area contributed by atoms with Gasteiger partial charge in [-0.3, -0.25) is 4.79 Å². The summed E-state index contributed by atoms with van der Waals surface area (Å²) in [6.45, 7) is 6.45. The molecule has 0 unspecified atom stereocenters. The summed E-state index contributed by atoms with van der Waals surface area (Å²) >= 11 is 0. The fourth-order valence-corrected chi connectivity index (χ4v) is 5.30. The number of ether oxygens (including phenoxy) is 1. The zero-order chi connectivity index (χ0) is 22.4. The molecule has 7 nitrogen and oxygen atoms in total. The van der Waals surface area contributed by atoms with E-state index in [9.17, 15) is 13.2 Å². The first kappa shape index (κ1) is 23.1. The van der Waals surface area contributed by atoms with Gasteiger partial charge in [0.25, 0.3) is 5.91 Å². The minimum Gasteiger partial charge on any atom is -0.497 e. The van der Waals surface area contributed by atoms with Crippen LogP contribution in [-0.2, 0) is 10.0 Å². The number of carbonyl (C=O) groups excluding carboxylic acids is 1. The maximum absolute atomic E-state index is 12.7. The average molecular weight is 446 g/mol. The van der Waals surface area contributed by atoms with Gasteiger partial charge in [0.05, 0.1) is 12.9 Å². The summed E-state index contributed by atoms with van der Waals surface area (Å²) < 4.78 is 32.1. The smallest absolute Gasteiger partial charge is 0.251 e. The Hall–Kier alpha value is -2.58. The minimum atomic E-state index is -3.34. The molecule has 0 aromatic heterocycles. The van der Waals surface area contributed by atoms with Gasteiger partial charge in [-0.2, -0.15) is 4.31 Å². The van der Waals surface area contributed by atoms with E-state index in [2.05, 4.69) is 10.2 Å². The van der Waals surface area contributed by atoms with Gasteiger partial charge in [-0.25, -0.2) is 8.42 Å². The number of amides is 1. The molecule has 3 rings (SSSR count). The third kappa shape index (κ3) is 6.21. The van der Waals surface area contributed by atoms with Crippen molar-refractivity contribution in [3.05, 3.63) is 59.2 Å². The van der Waals surface area contributed by atoms with E-state index in [4.69, 9.17) is 4.74 Å². The SMILES string of the molecule is COc1ccc(N2CCN(S(=O)(=O)CCCNC(=O)c3cc(C)cc(C)c3)CC2)cc1. The van der Waals surface area contributed by atoms with Gasteiger partial charge in [0.2, 0.25) is 10.0 Å². The highest BCUT2D eigenvalue weighted by atomic mass is 32.2. The van der Waals surface area contributed by atoms with Crippen LogP contribution in [0.15, 0.2) is 42.5 Å². The Balaban J connectivity index is 1.44. The summed E-state index contributed by atoms with van der Waals surface area (Å²) in [6, 6.07) is 13.5. The second-order valence-corrected chi connectivity index (χ2v) is 9.97. The van der Waals surface area contributed by atoms with Crippen LogP contribution in [0.2, 0.25) is 0 Å². The fourth-order valence-electron chi connectivity index (χ4n) is 3.81. The van der Waals surface area contributed by atoms with Gasteiger partial charge in [-0.15, -0.1) is 0 Å². The lowest BCUT2D eigenvalue weighted by atomic mass is 10.1. The highest BCUT2D eigenvalue weighted by Crippen LogP contribution is 2.21. The predicted octanol–water partition coefficient (Wildman–Crippen LogP) is 2.58. The number of nitrogens with one attached hydrogen (secondary N) is 1. The van der Waals surface area contributed by atoms with E-state index in [-0.39, 0.29) is 11.7 Å². The lowest BCUT2D eigenvalue weighted by Crippen LogP contribution is -2.49. The van der Waals surface area contributed by atoms with E-state index in [1.807, 2.05) is 56.3 Å². The van der Waals surface area contributed by atoms with Crippen molar-refractivity contribution in [2.45, 2.75) is 20.3 Å². The summed E-state index contributed by atoms with van der Waals surface area (Å²) in [4.78, 5) is 14.5. The Kier molecular flexibility index (Phi) is 7.56. The summed E-state index contributed by atoms with van der Waals surface area (Å²) in [7, 11) is -1.71. The molecule has 1 saturated heterocycles. The largest absolute Gasteiger partial charge is 0.497 e. The van der Waals surface area contributed by atoms with E-state index < -0.39 is 10.0 Å². The maximum atomic E-state index is 12.7. The Morgan fingerprint density at radius 2 is 1.61 bits per heavy atom. The maximum Gasteiger partial charge on any atom is 0.251 e. The summed E-state index contributed by atoms with van der Waals surface area (Å²) in [6.07, 6.45) is 0.386. The van der Waals surface area contributed by atoms with E-state index in [0.717, 1.165) is 22.6 Å². The second-order valence-electron chi connectivity index (χ2n) is 7.89. The van der Waals surface area contributed by atoms with Crippen molar-refractivity contribution in [3.63, 3.8) is 0 Å². The van der Waals surface area contributed by atoms with E-state index >= 15 is 0 Å². The third-order valence-corrected chi connectivity index (χ3v) is 7.37. The molecule has 1 N–H and O–H groups in total. The average Bonchev–Trinajstić information content (AvgIpc) is 2.76. The van der Waals surface area contributed by atoms with Gasteiger partial charge < -0.3 is 15.0 Å². The molecule has 2 aromatic rings. The van der Waals surface area contributed by atoms with Gasteiger partial charge in [0.1, 0.15) is 5.75 Å². The molecule has 1 amide bonds. The molecule has 168 valence electrons. The number of sulfonamides is 1. The molecular formula is C23H31N3O4S. The van der Waals surface area contributed by atoms with Gasteiger partial charge in [-0.1, -0.05) is 17.2 Å². The van der Waals surface area contributed by atoms with Crippen LogP contribution in [0.5, 0.6) is 5.75 Å². The zero-order valence-corrected chi connectivity index (χ0v) is 19.2. The van der Waals surface area contributed by atoms with Gasteiger partial charge in [0, 0.05) is 44.0 Å². The van der Waals surface area contributed by atoms with Crippen molar-refractivity contribution in [1.29, 1.82) is 0 Å². The van der Waals surface area contributed by atoms with Crippen molar-refractivity contribution < 1.29 is 17.9 Å². The van der Waals surface area contributed by atoms with Crippen LogP contribution in [-0.4, -0.2) is 64.2 Å². The highest BCUT2D eigenvalue weighted by Gasteiger charge is 2.26. The predicted molar refractivity (Wildman–Crippen MR) is 123 cm³/mol. The Morgan fingerprint density at radius 1 is 1.00 bits per heavy atom. The molecule has 1 heterocycles. The van der Waals surface area contributed by atoms with Gasteiger partial charge >= 0.3 is 0 Å². The first-order valence-corrected chi connectivity index (χ1v) is 12.1. The van der Waals surface area contributed by atoms with Crippen LogP contribution in [0.4, 0.5) is 5.69 Å². The monoisotopic (exact) mass is 445 g/mol. The molecule has 2 aromatic carbocycles. The molecule has 0 radical (unpaired) electrons. The Labute approximate surface area is 185 Å². The minimum absolute atomic E-state index is 0.0304. The molecule has 31 heavy (non-hydrogen) atoms. The van der Waals surface area contributed by atoms with E-state index in [1.54, 1.807) is 11.4 Å².